The molecule has 3 nitrogen and oxygen atoms in total. The molecule has 0 saturated heterocycles. The summed E-state index contributed by atoms with van der Waals surface area (Å²) in [6.45, 7) is 4.16. The molecule has 0 fully saturated rings. The maximum absolute atomic E-state index is 4.29. The van der Waals surface area contributed by atoms with Gasteiger partial charge in [-0.3, -0.25) is 0 Å². The molecule has 18 heavy (non-hydrogen) atoms. The average Bonchev–Trinajstić information content (AvgIpc) is 2.71. The summed E-state index contributed by atoms with van der Waals surface area (Å²) in [5, 5.41) is 9.60. The minimum Gasteiger partial charge on any atom is -0.342 e. The summed E-state index contributed by atoms with van der Waals surface area (Å²) < 4.78 is 2.17. The summed E-state index contributed by atoms with van der Waals surface area (Å²) >= 11 is 0. The zero-order valence-corrected chi connectivity index (χ0v) is 10.8. The highest BCUT2D eigenvalue weighted by atomic mass is 15.1. The van der Waals surface area contributed by atoms with Gasteiger partial charge in [0, 0.05) is 18.0 Å². The highest BCUT2D eigenvalue weighted by Crippen LogP contribution is 2.28. The molecular weight excluding hydrogens is 222 g/mol. The zero-order chi connectivity index (χ0) is 12.7. The van der Waals surface area contributed by atoms with Gasteiger partial charge >= 0.3 is 0 Å². The molecule has 3 rings (SSSR count). The van der Waals surface area contributed by atoms with E-state index in [9.17, 15) is 0 Å². The molecule has 3 heteroatoms. The van der Waals surface area contributed by atoms with Crippen LogP contribution in [0.2, 0.25) is 0 Å². The van der Waals surface area contributed by atoms with E-state index in [-0.39, 0.29) is 0 Å². The van der Waals surface area contributed by atoms with Gasteiger partial charge in [-0.1, -0.05) is 18.2 Å². The van der Waals surface area contributed by atoms with Gasteiger partial charge in [-0.05, 0) is 37.1 Å². The molecule has 0 saturated carbocycles. The molecule has 0 aliphatic rings. The lowest BCUT2D eigenvalue weighted by Crippen LogP contribution is -1.99. The van der Waals surface area contributed by atoms with Crippen LogP contribution in [0.1, 0.15) is 11.1 Å². The second kappa shape index (κ2) is 3.95. The molecule has 1 aromatic carbocycles. The summed E-state index contributed by atoms with van der Waals surface area (Å²) in [4.78, 5) is 0. The van der Waals surface area contributed by atoms with Crippen LogP contribution in [0.5, 0.6) is 0 Å². The lowest BCUT2D eigenvalue weighted by Gasteiger charge is -2.07. The quantitative estimate of drug-likeness (QED) is 0.650. The Morgan fingerprint density at radius 1 is 1.11 bits per heavy atom. The molecule has 0 atom stereocenters. The number of rotatable bonds is 1. The van der Waals surface area contributed by atoms with Crippen LogP contribution in [0.25, 0.3) is 22.3 Å². The van der Waals surface area contributed by atoms with Gasteiger partial charge in [-0.15, -0.1) is 5.10 Å². The molecule has 0 radical (unpaired) electrons. The smallest absolute Gasteiger partial charge is 0.113 e. The monoisotopic (exact) mass is 237 g/mol. The summed E-state index contributed by atoms with van der Waals surface area (Å²) in [5.41, 5.74) is 5.66. The number of nitrogens with zero attached hydrogens (tertiary/aromatic N) is 3. The molecule has 0 unspecified atom stereocenters. The molecule has 90 valence electrons. The molecule has 3 aromatic rings. The molecule has 0 spiro atoms. The predicted octanol–water partition coefficient (Wildman–Crippen LogP) is 3.25. The predicted molar refractivity (Wildman–Crippen MR) is 73.4 cm³/mol. The van der Waals surface area contributed by atoms with Gasteiger partial charge in [-0.2, -0.15) is 5.10 Å². The van der Waals surface area contributed by atoms with Gasteiger partial charge in [0.1, 0.15) is 5.69 Å². The standard InChI is InChI=1S/C15H15N3/c1-10-9-16-17-15(11(10)2)14-8-12-6-4-5-7-13(12)18(14)3/h4-9H,1-3H3. The van der Waals surface area contributed by atoms with Crippen molar-refractivity contribution in [2.24, 2.45) is 7.05 Å². The SMILES string of the molecule is Cc1cnnc(-c2cc3ccccc3n2C)c1C. The highest BCUT2D eigenvalue weighted by Gasteiger charge is 2.12. The van der Waals surface area contributed by atoms with E-state index in [1.807, 2.05) is 6.20 Å². The second-order valence-electron chi connectivity index (χ2n) is 4.65. The Morgan fingerprint density at radius 3 is 2.67 bits per heavy atom. The number of aryl methyl sites for hydroxylation is 2. The van der Waals surface area contributed by atoms with Crippen molar-refractivity contribution < 1.29 is 0 Å². The summed E-state index contributed by atoms with van der Waals surface area (Å²) in [6.07, 6.45) is 1.81. The van der Waals surface area contributed by atoms with Gasteiger partial charge < -0.3 is 4.57 Å². The Morgan fingerprint density at radius 2 is 1.89 bits per heavy atom. The first-order valence-electron chi connectivity index (χ1n) is 6.02. The van der Waals surface area contributed by atoms with Crippen molar-refractivity contribution in [1.82, 2.24) is 14.8 Å². The maximum atomic E-state index is 4.29. The van der Waals surface area contributed by atoms with Gasteiger partial charge in [0.25, 0.3) is 0 Å². The molecule has 2 aromatic heterocycles. The van der Waals surface area contributed by atoms with Crippen LogP contribution in [-0.2, 0) is 7.05 Å². The number of hydrogen-bond donors (Lipinski definition) is 0. The number of para-hydroxylation sites is 1. The van der Waals surface area contributed by atoms with Crippen LogP contribution in [0.15, 0.2) is 36.5 Å². The van der Waals surface area contributed by atoms with Crippen LogP contribution in [0, 0.1) is 13.8 Å². The van der Waals surface area contributed by atoms with E-state index in [1.165, 1.54) is 22.0 Å². The minimum absolute atomic E-state index is 0.966. The van der Waals surface area contributed by atoms with E-state index < -0.39 is 0 Å². The summed E-state index contributed by atoms with van der Waals surface area (Å²) in [5.74, 6) is 0. The van der Waals surface area contributed by atoms with Crippen molar-refractivity contribution in [2.45, 2.75) is 13.8 Å². The number of hydrogen-bond acceptors (Lipinski definition) is 2. The molecule has 0 aliphatic heterocycles. The van der Waals surface area contributed by atoms with E-state index in [1.54, 1.807) is 0 Å². The second-order valence-corrected chi connectivity index (χ2v) is 4.65. The molecular formula is C15H15N3. The third kappa shape index (κ3) is 1.51. The average molecular weight is 237 g/mol. The van der Waals surface area contributed by atoms with E-state index in [0.29, 0.717) is 0 Å². The van der Waals surface area contributed by atoms with E-state index in [0.717, 1.165) is 11.4 Å². The summed E-state index contributed by atoms with van der Waals surface area (Å²) in [6, 6.07) is 10.5. The summed E-state index contributed by atoms with van der Waals surface area (Å²) in [7, 11) is 2.07. The fraction of sp³-hybridized carbons (Fsp3) is 0.200. The Kier molecular flexibility index (Phi) is 2.40. The van der Waals surface area contributed by atoms with Crippen molar-refractivity contribution in [2.75, 3.05) is 0 Å². The van der Waals surface area contributed by atoms with Crippen molar-refractivity contribution in [3.63, 3.8) is 0 Å². The Hall–Kier alpha value is -2.16. The fourth-order valence-electron chi connectivity index (χ4n) is 2.29. The Labute approximate surface area is 106 Å². The molecule has 0 bridgehead atoms. The van der Waals surface area contributed by atoms with Crippen LogP contribution in [0.4, 0.5) is 0 Å². The lowest BCUT2D eigenvalue weighted by molar-refractivity contribution is 0.936. The number of benzene rings is 1. The Balaban J connectivity index is 2.32. The van der Waals surface area contributed by atoms with Gasteiger partial charge in [0.05, 0.1) is 11.9 Å². The van der Waals surface area contributed by atoms with E-state index >= 15 is 0 Å². The topological polar surface area (TPSA) is 30.7 Å². The van der Waals surface area contributed by atoms with Crippen molar-refractivity contribution >= 4 is 10.9 Å². The first kappa shape index (κ1) is 11.0. The van der Waals surface area contributed by atoms with Crippen LogP contribution < -0.4 is 0 Å². The molecule has 2 heterocycles. The lowest BCUT2D eigenvalue weighted by atomic mass is 10.1. The largest absolute Gasteiger partial charge is 0.342 e. The molecule has 0 N–H and O–H groups in total. The minimum atomic E-state index is 0.966. The maximum Gasteiger partial charge on any atom is 0.113 e. The normalized spacial score (nSPS) is 11.1. The van der Waals surface area contributed by atoms with Crippen molar-refractivity contribution in [1.29, 1.82) is 0 Å². The number of aromatic nitrogens is 3. The van der Waals surface area contributed by atoms with E-state index in [2.05, 4.69) is 66.0 Å². The molecule has 0 amide bonds. The van der Waals surface area contributed by atoms with E-state index in [4.69, 9.17) is 0 Å². The zero-order valence-electron chi connectivity index (χ0n) is 10.8. The Bertz CT molecular complexity index is 726. The van der Waals surface area contributed by atoms with Gasteiger partial charge in [-0.25, -0.2) is 0 Å². The van der Waals surface area contributed by atoms with Crippen LogP contribution in [-0.4, -0.2) is 14.8 Å². The first-order valence-corrected chi connectivity index (χ1v) is 6.02. The van der Waals surface area contributed by atoms with Crippen LogP contribution in [0.3, 0.4) is 0 Å². The number of fused-ring (bicyclic) bond motifs is 1. The van der Waals surface area contributed by atoms with Crippen molar-refractivity contribution in [3.8, 4) is 11.4 Å². The molecule has 0 aliphatic carbocycles. The fourth-order valence-corrected chi connectivity index (χ4v) is 2.29. The van der Waals surface area contributed by atoms with Gasteiger partial charge in [0.2, 0.25) is 0 Å². The van der Waals surface area contributed by atoms with Crippen molar-refractivity contribution in [3.05, 3.63) is 47.7 Å². The first-order chi connectivity index (χ1) is 8.68. The third-order valence-electron chi connectivity index (χ3n) is 3.55. The third-order valence-corrected chi connectivity index (χ3v) is 3.55. The highest BCUT2D eigenvalue weighted by molar-refractivity contribution is 5.86. The van der Waals surface area contributed by atoms with Gasteiger partial charge in [0.15, 0.2) is 0 Å². The van der Waals surface area contributed by atoms with Crippen LogP contribution >= 0.6 is 0 Å².